The fourth-order valence-electron chi connectivity index (χ4n) is 2.76. The highest BCUT2D eigenvalue weighted by molar-refractivity contribution is 6.01. The van der Waals surface area contributed by atoms with Crippen LogP contribution in [0.4, 0.5) is 4.79 Å². The quantitative estimate of drug-likeness (QED) is 0.608. The van der Waals surface area contributed by atoms with Gasteiger partial charge >= 0.3 is 12.0 Å². The maximum Gasteiger partial charge on any atom is 0.317 e. The predicted molar refractivity (Wildman–Crippen MR) is 53.9 cm³/mol. The van der Waals surface area contributed by atoms with E-state index < -0.39 is 17.9 Å². The number of amides is 2. The van der Waals surface area contributed by atoms with Crippen LogP contribution in [0.2, 0.25) is 0 Å². The Labute approximate surface area is 92.6 Å². The van der Waals surface area contributed by atoms with Crippen molar-refractivity contribution in [3.05, 3.63) is 0 Å². The van der Waals surface area contributed by atoms with E-state index in [9.17, 15) is 14.4 Å². The first-order valence-corrected chi connectivity index (χ1v) is 5.31. The summed E-state index contributed by atoms with van der Waals surface area (Å²) in [5, 5.41) is 11.5. The summed E-state index contributed by atoms with van der Waals surface area (Å²) in [7, 11) is 1.51. The maximum atomic E-state index is 11.6. The minimum atomic E-state index is -1.12. The van der Waals surface area contributed by atoms with Gasteiger partial charge in [-0.1, -0.05) is 0 Å². The number of rotatable bonds is 1. The SMILES string of the molecule is CNC(=O)N1C2CCC1C(C(=O)O)C(=O)C2. The van der Waals surface area contributed by atoms with Crippen LogP contribution in [0.25, 0.3) is 0 Å². The summed E-state index contributed by atoms with van der Waals surface area (Å²) in [5.74, 6) is -2.42. The second-order valence-electron chi connectivity index (χ2n) is 4.25. The van der Waals surface area contributed by atoms with Gasteiger partial charge in [0.1, 0.15) is 5.92 Å². The molecule has 6 heteroatoms. The molecule has 2 amide bonds. The Bertz CT molecular complexity index is 355. The first-order chi connectivity index (χ1) is 7.56. The minimum absolute atomic E-state index is 0.118. The molecule has 0 radical (unpaired) electrons. The topological polar surface area (TPSA) is 86.7 Å². The number of urea groups is 1. The molecule has 2 aliphatic heterocycles. The zero-order valence-corrected chi connectivity index (χ0v) is 8.97. The number of carbonyl (C=O) groups is 3. The van der Waals surface area contributed by atoms with E-state index in [1.807, 2.05) is 0 Å². The van der Waals surface area contributed by atoms with Crippen LogP contribution < -0.4 is 5.32 Å². The number of fused-ring (bicyclic) bond motifs is 2. The van der Waals surface area contributed by atoms with E-state index in [2.05, 4.69) is 5.32 Å². The first-order valence-electron chi connectivity index (χ1n) is 5.31. The van der Waals surface area contributed by atoms with E-state index in [0.29, 0.717) is 12.8 Å². The average Bonchev–Trinajstić information content (AvgIpc) is 2.52. The van der Waals surface area contributed by atoms with Crippen molar-refractivity contribution in [2.24, 2.45) is 5.92 Å². The highest BCUT2D eigenvalue weighted by Gasteiger charge is 2.51. The van der Waals surface area contributed by atoms with Crippen molar-refractivity contribution in [3.8, 4) is 0 Å². The van der Waals surface area contributed by atoms with Crippen molar-refractivity contribution in [1.82, 2.24) is 10.2 Å². The third-order valence-electron chi connectivity index (χ3n) is 3.43. The molecule has 0 spiro atoms. The van der Waals surface area contributed by atoms with E-state index in [1.165, 1.54) is 11.9 Å². The lowest BCUT2D eigenvalue weighted by Crippen LogP contribution is -2.56. The standard InChI is InChI=1S/C10H14N2O4/c1-11-10(16)12-5-2-3-6(12)8(9(14)15)7(13)4-5/h5-6,8H,2-4H2,1H3,(H,11,16)(H,14,15). The average molecular weight is 226 g/mol. The van der Waals surface area contributed by atoms with Crippen molar-refractivity contribution >= 4 is 17.8 Å². The molecule has 16 heavy (non-hydrogen) atoms. The van der Waals surface area contributed by atoms with Gasteiger partial charge in [0, 0.05) is 19.5 Å². The fourth-order valence-corrected chi connectivity index (χ4v) is 2.76. The van der Waals surface area contributed by atoms with Gasteiger partial charge < -0.3 is 15.3 Å². The minimum Gasteiger partial charge on any atom is -0.481 e. The number of carboxylic acid groups (broad SMARTS) is 1. The first kappa shape index (κ1) is 10.9. The lowest BCUT2D eigenvalue weighted by Gasteiger charge is -2.36. The molecule has 3 unspecified atom stereocenters. The highest BCUT2D eigenvalue weighted by Crippen LogP contribution is 2.37. The molecule has 0 aromatic heterocycles. The van der Waals surface area contributed by atoms with E-state index in [0.717, 1.165) is 0 Å². The number of piperidine rings is 1. The molecule has 2 fully saturated rings. The Balaban J connectivity index is 2.28. The van der Waals surface area contributed by atoms with Crippen molar-refractivity contribution in [3.63, 3.8) is 0 Å². The van der Waals surface area contributed by atoms with E-state index in [-0.39, 0.29) is 24.3 Å². The number of hydrogen-bond acceptors (Lipinski definition) is 3. The third-order valence-corrected chi connectivity index (χ3v) is 3.43. The lowest BCUT2D eigenvalue weighted by atomic mass is 9.89. The van der Waals surface area contributed by atoms with Crippen LogP contribution in [0, 0.1) is 5.92 Å². The molecule has 0 saturated carbocycles. The number of carboxylic acids is 1. The summed E-state index contributed by atoms with van der Waals surface area (Å²) in [6.45, 7) is 0. The number of carbonyl (C=O) groups excluding carboxylic acids is 2. The zero-order chi connectivity index (χ0) is 11.9. The summed E-state index contributed by atoms with van der Waals surface area (Å²) in [6, 6.07) is -0.872. The van der Waals surface area contributed by atoms with Gasteiger partial charge in [0.2, 0.25) is 0 Å². The smallest absolute Gasteiger partial charge is 0.317 e. The summed E-state index contributed by atoms with van der Waals surface area (Å²) < 4.78 is 0. The van der Waals surface area contributed by atoms with Gasteiger partial charge in [-0.05, 0) is 12.8 Å². The second kappa shape index (κ2) is 3.77. The molecule has 2 N–H and O–H groups in total. The van der Waals surface area contributed by atoms with Gasteiger partial charge in [-0.3, -0.25) is 9.59 Å². The Morgan fingerprint density at radius 1 is 1.44 bits per heavy atom. The molecule has 2 saturated heterocycles. The van der Waals surface area contributed by atoms with Crippen molar-refractivity contribution in [2.45, 2.75) is 31.3 Å². The summed E-state index contributed by atoms with van der Waals surface area (Å²) >= 11 is 0. The van der Waals surface area contributed by atoms with Crippen LogP contribution in [0.15, 0.2) is 0 Å². The van der Waals surface area contributed by atoms with Gasteiger partial charge in [0.05, 0.1) is 6.04 Å². The fraction of sp³-hybridized carbons (Fsp3) is 0.700. The number of nitrogens with zero attached hydrogens (tertiary/aromatic N) is 1. The summed E-state index contributed by atoms with van der Waals surface area (Å²) in [4.78, 5) is 35.8. The van der Waals surface area contributed by atoms with E-state index in [4.69, 9.17) is 5.11 Å². The van der Waals surface area contributed by atoms with Gasteiger partial charge in [-0.2, -0.15) is 0 Å². The molecule has 88 valence electrons. The van der Waals surface area contributed by atoms with Crippen molar-refractivity contribution < 1.29 is 19.5 Å². The normalized spacial score (nSPS) is 32.7. The summed E-state index contributed by atoms with van der Waals surface area (Å²) in [6.07, 6.45) is 1.48. The molecule has 3 atom stereocenters. The Morgan fingerprint density at radius 3 is 2.69 bits per heavy atom. The molecular weight excluding hydrogens is 212 g/mol. The molecule has 6 nitrogen and oxygen atoms in total. The molecule has 2 bridgehead atoms. The van der Waals surface area contributed by atoms with Crippen LogP contribution in [-0.2, 0) is 9.59 Å². The third kappa shape index (κ3) is 1.45. The number of Topliss-reactive ketones (excluding diaryl/α,β-unsaturated/α-hetero) is 1. The molecule has 0 aromatic rings. The zero-order valence-electron chi connectivity index (χ0n) is 8.97. The second-order valence-corrected chi connectivity index (χ2v) is 4.25. The monoisotopic (exact) mass is 226 g/mol. The lowest BCUT2D eigenvalue weighted by molar-refractivity contribution is -0.150. The number of ketones is 1. The van der Waals surface area contributed by atoms with Crippen molar-refractivity contribution in [1.29, 1.82) is 0 Å². The van der Waals surface area contributed by atoms with Crippen LogP contribution in [0.3, 0.4) is 0 Å². The molecular formula is C10H14N2O4. The Morgan fingerprint density at radius 2 is 2.12 bits per heavy atom. The van der Waals surface area contributed by atoms with Gasteiger partial charge in [0.15, 0.2) is 5.78 Å². The van der Waals surface area contributed by atoms with Gasteiger partial charge in [0.25, 0.3) is 0 Å². The largest absolute Gasteiger partial charge is 0.481 e. The molecule has 2 rings (SSSR count). The summed E-state index contributed by atoms with van der Waals surface area (Å²) in [5.41, 5.74) is 0. The van der Waals surface area contributed by atoms with Gasteiger partial charge in [-0.25, -0.2) is 4.79 Å². The number of hydrogen-bond donors (Lipinski definition) is 2. The van der Waals surface area contributed by atoms with Gasteiger partial charge in [-0.15, -0.1) is 0 Å². The number of nitrogens with one attached hydrogen (secondary N) is 1. The molecule has 0 aliphatic carbocycles. The molecule has 0 aromatic carbocycles. The predicted octanol–water partition coefficient (Wildman–Crippen LogP) is -0.168. The van der Waals surface area contributed by atoms with Crippen LogP contribution in [0.1, 0.15) is 19.3 Å². The van der Waals surface area contributed by atoms with Crippen LogP contribution >= 0.6 is 0 Å². The molecule has 2 heterocycles. The van der Waals surface area contributed by atoms with E-state index in [1.54, 1.807) is 0 Å². The van der Waals surface area contributed by atoms with Crippen LogP contribution in [-0.4, -0.2) is 46.9 Å². The molecule has 2 aliphatic rings. The number of aliphatic carboxylic acids is 1. The van der Waals surface area contributed by atoms with Crippen LogP contribution in [0.5, 0.6) is 0 Å². The van der Waals surface area contributed by atoms with Crippen molar-refractivity contribution in [2.75, 3.05) is 7.05 Å². The Hall–Kier alpha value is -1.59. The maximum absolute atomic E-state index is 11.6. The van der Waals surface area contributed by atoms with E-state index >= 15 is 0 Å². The highest BCUT2D eigenvalue weighted by atomic mass is 16.4. The Kier molecular flexibility index (Phi) is 2.57.